The van der Waals surface area contributed by atoms with Crippen LogP contribution in [0.15, 0.2) is 73.4 Å². The smallest absolute Gasteiger partial charge is 0.410 e. The molecule has 0 saturated carbocycles. The van der Waals surface area contributed by atoms with Crippen LogP contribution in [0.4, 0.5) is 10.6 Å². The molecule has 0 atom stereocenters. The summed E-state index contributed by atoms with van der Waals surface area (Å²) in [5.74, 6) is 1.65. The highest BCUT2D eigenvalue weighted by Crippen LogP contribution is 2.32. The van der Waals surface area contributed by atoms with Crippen molar-refractivity contribution in [2.45, 2.75) is 32.9 Å². The molecule has 0 spiro atoms. The fourth-order valence-corrected chi connectivity index (χ4v) is 5.28. The highest BCUT2D eigenvalue weighted by atomic mass is 16.6. The van der Waals surface area contributed by atoms with Crippen molar-refractivity contribution in [1.29, 1.82) is 5.26 Å². The van der Waals surface area contributed by atoms with Gasteiger partial charge in [-0.2, -0.15) is 15.5 Å². The zero-order chi connectivity index (χ0) is 30.8. The number of rotatable bonds is 6. The molecule has 44 heavy (non-hydrogen) atoms. The van der Waals surface area contributed by atoms with Crippen LogP contribution >= 0.6 is 0 Å². The number of amides is 1. The summed E-state index contributed by atoms with van der Waals surface area (Å²) in [4.78, 5) is 21.1. The zero-order valence-electron chi connectivity index (χ0n) is 25.3. The lowest BCUT2D eigenvalue weighted by molar-refractivity contribution is 0.0240. The quantitative estimate of drug-likeness (QED) is 0.264. The lowest BCUT2D eigenvalue weighted by Crippen LogP contribution is -2.50. The van der Waals surface area contributed by atoms with E-state index in [9.17, 15) is 10.1 Å². The molecule has 1 amide bonds. The molecule has 5 heterocycles. The zero-order valence-corrected chi connectivity index (χ0v) is 25.3. The Morgan fingerprint density at radius 1 is 0.932 bits per heavy atom. The van der Waals surface area contributed by atoms with Gasteiger partial charge in [0.1, 0.15) is 23.2 Å². The van der Waals surface area contributed by atoms with Gasteiger partial charge in [0.25, 0.3) is 0 Å². The minimum absolute atomic E-state index is 0.287. The van der Waals surface area contributed by atoms with Gasteiger partial charge in [-0.1, -0.05) is 12.1 Å². The maximum absolute atomic E-state index is 12.5. The molecule has 0 N–H and O–H groups in total. The number of nitrogens with zero attached hydrogens (tertiary/aromatic N) is 8. The number of pyridine rings is 2. The fraction of sp³-hybridized carbons (Fsp3) is 0.303. The Bertz CT molecular complexity index is 1820. The largest absolute Gasteiger partial charge is 0.497 e. The van der Waals surface area contributed by atoms with Crippen LogP contribution in [0.1, 0.15) is 31.9 Å². The summed E-state index contributed by atoms with van der Waals surface area (Å²) in [6.07, 6.45) is 8.88. The van der Waals surface area contributed by atoms with E-state index in [1.807, 2.05) is 86.6 Å². The van der Waals surface area contributed by atoms with Crippen LogP contribution in [0.5, 0.6) is 5.75 Å². The summed E-state index contributed by atoms with van der Waals surface area (Å²) < 4.78 is 14.4. The fourth-order valence-electron chi connectivity index (χ4n) is 5.28. The van der Waals surface area contributed by atoms with E-state index in [0.29, 0.717) is 38.3 Å². The Balaban J connectivity index is 1.23. The first kappa shape index (κ1) is 28.7. The van der Waals surface area contributed by atoms with Crippen LogP contribution in [-0.4, -0.2) is 74.3 Å². The number of hydrogen-bond donors (Lipinski definition) is 0. The molecule has 1 aromatic carbocycles. The van der Waals surface area contributed by atoms with E-state index in [-0.39, 0.29) is 6.09 Å². The third-order valence-corrected chi connectivity index (χ3v) is 7.52. The van der Waals surface area contributed by atoms with Crippen molar-refractivity contribution >= 4 is 17.4 Å². The molecule has 0 unspecified atom stereocenters. The van der Waals surface area contributed by atoms with Gasteiger partial charge in [0.15, 0.2) is 0 Å². The molecular formula is C33H34N8O3. The van der Waals surface area contributed by atoms with Crippen LogP contribution in [-0.2, 0) is 11.3 Å². The predicted octanol–water partition coefficient (Wildman–Crippen LogP) is 5.25. The predicted molar refractivity (Wildman–Crippen MR) is 166 cm³/mol. The average molecular weight is 591 g/mol. The Morgan fingerprint density at radius 3 is 2.36 bits per heavy atom. The van der Waals surface area contributed by atoms with E-state index in [1.165, 1.54) is 0 Å². The molecule has 6 rings (SSSR count). The van der Waals surface area contributed by atoms with Gasteiger partial charge in [-0.15, -0.1) is 0 Å². The minimum Gasteiger partial charge on any atom is -0.497 e. The first-order valence-electron chi connectivity index (χ1n) is 14.5. The summed E-state index contributed by atoms with van der Waals surface area (Å²) in [7, 11) is 1.65. The van der Waals surface area contributed by atoms with E-state index in [1.54, 1.807) is 22.7 Å². The lowest BCUT2D eigenvalue weighted by atomic mass is 10.0. The second kappa shape index (κ2) is 11.7. The Kier molecular flexibility index (Phi) is 7.66. The van der Waals surface area contributed by atoms with Crippen molar-refractivity contribution < 1.29 is 14.3 Å². The van der Waals surface area contributed by atoms with Crippen LogP contribution < -0.4 is 9.64 Å². The van der Waals surface area contributed by atoms with E-state index in [0.717, 1.165) is 44.9 Å². The third-order valence-electron chi connectivity index (χ3n) is 7.52. The SMILES string of the molecule is COc1ccc(Cn2cc(-c3cc(-c4ccc(N5CCN(C(=O)OC(C)(C)C)CC5)nc4)c4c(C#N)cnn4c3)cn2)cc1. The number of fused-ring (bicyclic) bond motifs is 1. The van der Waals surface area contributed by atoms with Crippen molar-refractivity contribution in [3.8, 4) is 34.1 Å². The molecule has 5 aromatic rings. The molecule has 1 aliphatic heterocycles. The van der Waals surface area contributed by atoms with Gasteiger partial charge in [-0.25, -0.2) is 14.3 Å². The summed E-state index contributed by atoms with van der Waals surface area (Å²) in [6.45, 7) is 8.68. The van der Waals surface area contributed by atoms with Gasteiger partial charge in [0, 0.05) is 67.0 Å². The molecule has 1 aliphatic rings. The number of carbonyl (C=O) groups is 1. The maximum atomic E-state index is 12.5. The summed E-state index contributed by atoms with van der Waals surface area (Å²) in [6, 6.07) is 16.3. The van der Waals surface area contributed by atoms with E-state index >= 15 is 0 Å². The van der Waals surface area contributed by atoms with Gasteiger partial charge in [0.2, 0.25) is 0 Å². The molecule has 4 aromatic heterocycles. The van der Waals surface area contributed by atoms with Crippen LogP contribution in [0.3, 0.4) is 0 Å². The van der Waals surface area contributed by atoms with Gasteiger partial charge in [0.05, 0.1) is 37.1 Å². The average Bonchev–Trinajstić information content (AvgIpc) is 3.67. The van der Waals surface area contributed by atoms with Crippen LogP contribution in [0, 0.1) is 11.3 Å². The minimum atomic E-state index is -0.521. The highest BCUT2D eigenvalue weighted by molar-refractivity contribution is 5.87. The number of carbonyl (C=O) groups excluding carboxylic acids is 1. The van der Waals surface area contributed by atoms with E-state index < -0.39 is 5.60 Å². The van der Waals surface area contributed by atoms with Gasteiger partial charge in [-0.05, 0) is 56.7 Å². The van der Waals surface area contributed by atoms with Gasteiger partial charge in [-0.3, -0.25) is 4.68 Å². The van der Waals surface area contributed by atoms with Crippen molar-refractivity contribution in [1.82, 2.24) is 29.3 Å². The molecule has 0 aliphatic carbocycles. The number of nitriles is 1. The van der Waals surface area contributed by atoms with Crippen molar-refractivity contribution in [2.24, 2.45) is 0 Å². The Morgan fingerprint density at radius 2 is 1.70 bits per heavy atom. The molecule has 11 nitrogen and oxygen atoms in total. The highest BCUT2D eigenvalue weighted by Gasteiger charge is 2.26. The van der Waals surface area contributed by atoms with Crippen molar-refractivity contribution in [3.63, 3.8) is 0 Å². The number of methoxy groups -OCH3 is 1. The number of benzene rings is 1. The standard InChI is InChI=1S/C33H34N8O3/c1-33(2,3)44-32(42)39-13-11-38(12-14-39)30-10-7-24(17-35-30)29-15-25(22-41-31(29)26(16-34)18-37-41)27-19-36-40(21-27)20-23-5-8-28(43-4)9-6-23/h5-10,15,17-19,21-22H,11-14,20H2,1-4H3. The number of ether oxygens (including phenoxy) is 2. The maximum Gasteiger partial charge on any atom is 0.410 e. The first-order chi connectivity index (χ1) is 21.2. The Labute approximate surface area is 255 Å². The van der Waals surface area contributed by atoms with Crippen LogP contribution in [0.2, 0.25) is 0 Å². The normalized spacial score (nSPS) is 13.6. The second-order valence-electron chi connectivity index (χ2n) is 11.7. The molecule has 11 heteroatoms. The van der Waals surface area contributed by atoms with Gasteiger partial charge >= 0.3 is 6.09 Å². The van der Waals surface area contributed by atoms with Crippen LogP contribution in [0.25, 0.3) is 27.8 Å². The summed E-state index contributed by atoms with van der Waals surface area (Å²) >= 11 is 0. The number of anilines is 1. The van der Waals surface area contributed by atoms with Gasteiger partial charge < -0.3 is 19.3 Å². The van der Waals surface area contributed by atoms with Crippen molar-refractivity contribution in [2.75, 3.05) is 38.2 Å². The molecule has 1 fully saturated rings. The van der Waals surface area contributed by atoms with E-state index in [4.69, 9.17) is 14.5 Å². The first-order valence-corrected chi connectivity index (χ1v) is 14.5. The number of aromatic nitrogens is 5. The molecular weight excluding hydrogens is 556 g/mol. The summed E-state index contributed by atoms with van der Waals surface area (Å²) in [5, 5.41) is 18.9. The topological polar surface area (TPSA) is 114 Å². The third kappa shape index (κ3) is 6.06. The van der Waals surface area contributed by atoms with Crippen molar-refractivity contribution in [3.05, 3.63) is 84.6 Å². The molecule has 1 saturated heterocycles. The van der Waals surface area contributed by atoms with E-state index in [2.05, 4.69) is 27.2 Å². The Hall–Kier alpha value is -5.37. The molecule has 0 bridgehead atoms. The lowest BCUT2D eigenvalue weighted by Gasteiger charge is -2.36. The molecule has 0 radical (unpaired) electrons. The number of piperazine rings is 1. The molecule has 224 valence electrons. The number of hydrogen-bond acceptors (Lipinski definition) is 8. The summed E-state index contributed by atoms with van der Waals surface area (Å²) in [5.41, 5.74) is 5.38. The second-order valence-corrected chi connectivity index (χ2v) is 11.7. The monoisotopic (exact) mass is 590 g/mol.